The smallest absolute Gasteiger partial charge is 0.309 e. The maximum Gasteiger partial charge on any atom is 0.309 e. The lowest BCUT2D eigenvalue weighted by Crippen LogP contribution is -2.20. The zero-order valence-electron chi connectivity index (χ0n) is 13.8. The van der Waals surface area contributed by atoms with Crippen LogP contribution in [0.4, 0.5) is 5.82 Å². The minimum absolute atomic E-state index is 0.0499. The molecule has 0 amide bonds. The molecule has 1 fully saturated rings. The Morgan fingerprint density at radius 3 is 2.75 bits per heavy atom. The van der Waals surface area contributed by atoms with Gasteiger partial charge >= 0.3 is 5.97 Å². The van der Waals surface area contributed by atoms with Crippen LogP contribution in [0.1, 0.15) is 61.2 Å². The van der Waals surface area contributed by atoms with Gasteiger partial charge in [0.1, 0.15) is 10.6 Å². The predicted octanol–water partition coefficient (Wildman–Crippen LogP) is 3.78. The summed E-state index contributed by atoms with van der Waals surface area (Å²) in [6, 6.07) is 0. The Morgan fingerprint density at radius 1 is 1.12 bits per heavy atom. The van der Waals surface area contributed by atoms with Crippen molar-refractivity contribution in [2.24, 2.45) is 5.92 Å². The number of anilines is 1. The molecule has 2 aliphatic carbocycles. The third kappa shape index (κ3) is 2.99. The number of hydrogen-bond donors (Lipinski definition) is 1. The van der Waals surface area contributed by atoms with E-state index in [4.69, 9.17) is 10.5 Å². The van der Waals surface area contributed by atoms with Crippen molar-refractivity contribution in [3.05, 3.63) is 16.3 Å². The van der Waals surface area contributed by atoms with Crippen LogP contribution in [-0.2, 0) is 29.0 Å². The molecule has 0 radical (unpaired) electrons. The van der Waals surface area contributed by atoms with Crippen LogP contribution in [0.25, 0.3) is 10.2 Å². The Hall–Kier alpha value is -1.69. The summed E-state index contributed by atoms with van der Waals surface area (Å²) in [5.41, 5.74) is 7.53. The number of esters is 1. The first-order chi connectivity index (χ1) is 11.7. The third-order valence-electron chi connectivity index (χ3n) is 5.17. The lowest BCUT2D eigenvalue weighted by molar-refractivity contribution is -0.151. The Bertz CT molecular complexity index is 765. The van der Waals surface area contributed by atoms with E-state index in [0.717, 1.165) is 48.7 Å². The number of aromatic nitrogens is 2. The van der Waals surface area contributed by atoms with Crippen LogP contribution in [-0.4, -0.2) is 15.9 Å². The first-order valence-electron chi connectivity index (χ1n) is 8.95. The highest BCUT2D eigenvalue weighted by molar-refractivity contribution is 7.19. The van der Waals surface area contributed by atoms with E-state index >= 15 is 0 Å². The first kappa shape index (κ1) is 15.8. The van der Waals surface area contributed by atoms with Gasteiger partial charge in [0, 0.05) is 4.88 Å². The van der Waals surface area contributed by atoms with Crippen molar-refractivity contribution in [1.82, 2.24) is 9.97 Å². The highest BCUT2D eigenvalue weighted by Crippen LogP contribution is 2.37. The fourth-order valence-electron chi connectivity index (χ4n) is 3.89. The highest BCUT2D eigenvalue weighted by atomic mass is 32.1. The summed E-state index contributed by atoms with van der Waals surface area (Å²) < 4.78 is 5.46. The fourth-order valence-corrected chi connectivity index (χ4v) is 5.18. The Balaban J connectivity index is 1.51. The molecule has 2 heterocycles. The molecule has 0 atom stereocenters. The quantitative estimate of drug-likeness (QED) is 0.857. The fraction of sp³-hybridized carbons (Fsp3) is 0.611. The number of nitrogen functional groups attached to an aromatic ring is 1. The van der Waals surface area contributed by atoms with Gasteiger partial charge < -0.3 is 10.5 Å². The van der Waals surface area contributed by atoms with Gasteiger partial charge in [0.15, 0.2) is 12.4 Å². The van der Waals surface area contributed by atoms with Crippen LogP contribution >= 0.6 is 11.3 Å². The lowest BCUT2D eigenvalue weighted by atomic mass is 9.89. The molecule has 2 aliphatic rings. The molecule has 2 aromatic heterocycles. The van der Waals surface area contributed by atoms with Crippen molar-refractivity contribution in [3.8, 4) is 0 Å². The van der Waals surface area contributed by atoms with Gasteiger partial charge in [0.25, 0.3) is 0 Å². The van der Waals surface area contributed by atoms with Gasteiger partial charge in [-0.2, -0.15) is 0 Å². The second-order valence-corrected chi connectivity index (χ2v) is 7.94. The molecule has 4 rings (SSSR count). The summed E-state index contributed by atoms with van der Waals surface area (Å²) in [6.45, 7) is 0.123. The Kier molecular flexibility index (Phi) is 4.39. The summed E-state index contributed by atoms with van der Waals surface area (Å²) in [5.74, 6) is 0.988. The molecule has 2 aromatic rings. The monoisotopic (exact) mass is 345 g/mol. The third-order valence-corrected chi connectivity index (χ3v) is 6.36. The van der Waals surface area contributed by atoms with Crippen molar-refractivity contribution in [2.45, 2.75) is 64.4 Å². The molecule has 1 saturated carbocycles. The van der Waals surface area contributed by atoms with Gasteiger partial charge in [0.05, 0.1) is 11.3 Å². The van der Waals surface area contributed by atoms with Gasteiger partial charge in [0.2, 0.25) is 0 Å². The van der Waals surface area contributed by atoms with Crippen molar-refractivity contribution in [1.29, 1.82) is 0 Å². The zero-order valence-corrected chi connectivity index (χ0v) is 14.7. The number of rotatable bonds is 3. The molecule has 2 N–H and O–H groups in total. The summed E-state index contributed by atoms with van der Waals surface area (Å²) in [4.78, 5) is 23.5. The minimum Gasteiger partial charge on any atom is -0.457 e. The number of carbonyl (C=O) groups excluding carboxylic acids is 1. The largest absolute Gasteiger partial charge is 0.457 e. The van der Waals surface area contributed by atoms with E-state index < -0.39 is 0 Å². The van der Waals surface area contributed by atoms with E-state index in [1.165, 1.54) is 29.7 Å². The lowest BCUT2D eigenvalue weighted by Gasteiger charge is -2.19. The number of thiophene rings is 1. The van der Waals surface area contributed by atoms with Crippen LogP contribution in [0.3, 0.4) is 0 Å². The number of aryl methyl sites for hydroxylation is 2. The van der Waals surface area contributed by atoms with E-state index in [1.54, 1.807) is 11.3 Å². The standard InChI is InChI=1S/C18H23N3O2S/c19-16-15-12-8-4-5-9-13(12)24-17(15)21-14(20-16)10-23-18(22)11-6-2-1-3-7-11/h11H,1-10H2,(H2,19,20,21). The number of fused-ring (bicyclic) bond motifs is 3. The number of ether oxygens (including phenoxy) is 1. The van der Waals surface area contributed by atoms with Crippen molar-refractivity contribution in [2.75, 3.05) is 5.73 Å². The predicted molar refractivity (Wildman–Crippen MR) is 94.8 cm³/mol. The maximum absolute atomic E-state index is 12.2. The van der Waals surface area contributed by atoms with E-state index in [0.29, 0.717) is 11.6 Å². The second kappa shape index (κ2) is 6.67. The van der Waals surface area contributed by atoms with E-state index in [9.17, 15) is 4.79 Å². The van der Waals surface area contributed by atoms with Gasteiger partial charge in [-0.05, 0) is 44.1 Å². The van der Waals surface area contributed by atoms with E-state index in [1.807, 2.05) is 0 Å². The molecule has 128 valence electrons. The normalized spacial score (nSPS) is 18.5. The van der Waals surface area contributed by atoms with Gasteiger partial charge in [-0.15, -0.1) is 11.3 Å². The van der Waals surface area contributed by atoms with Crippen LogP contribution in [0.5, 0.6) is 0 Å². The molecule has 0 aromatic carbocycles. The van der Waals surface area contributed by atoms with Gasteiger partial charge in [-0.25, -0.2) is 9.97 Å². The molecule has 0 unspecified atom stereocenters. The van der Waals surface area contributed by atoms with Crippen LogP contribution in [0.15, 0.2) is 0 Å². The maximum atomic E-state index is 12.2. The molecule has 0 aliphatic heterocycles. The number of hydrogen-bond acceptors (Lipinski definition) is 6. The van der Waals surface area contributed by atoms with Gasteiger partial charge in [-0.3, -0.25) is 4.79 Å². The van der Waals surface area contributed by atoms with E-state index in [2.05, 4.69) is 9.97 Å². The average Bonchev–Trinajstić information content (AvgIpc) is 2.99. The molecule has 24 heavy (non-hydrogen) atoms. The van der Waals surface area contributed by atoms with Crippen LogP contribution in [0, 0.1) is 5.92 Å². The van der Waals surface area contributed by atoms with Crippen molar-refractivity contribution < 1.29 is 9.53 Å². The average molecular weight is 345 g/mol. The summed E-state index contributed by atoms with van der Waals surface area (Å²) in [5, 5.41) is 1.03. The van der Waals surface area contributed by atoms with Crippen molar-refractivity contribution in [3.63, 3.8) is 0 Å². The number of nitrogens with zero attached hydrogens (tertiary/aromatic N) is 2. The number of carbonyl (C=O) groups is 1. The topological polar surface area (TPSA) is 78.1 Å². The first-order valence-corrected chi connectivity index (χ1v) is 9.77. The molecule has 0 spiro atoms. The molecule has 6 heteroatoms. The zero-order chi connectivity index (χ0) is 16.5. The SMILES string of the molecule is Nc1nc(COC(=O)C2CCCCC2)nc2sc3c(c12)CCCC3. The second-order valence-electron chi connectivity index (χ2n) is 6.86. The van der Waals surface area contributed by atoms with Crippen LogP contribution in [0.2, 0.25) is 0 Å². The Labute approximate surface area is 145 Å². The molecule has 0 saturated heterocycles. The Morgan fingerprint density at radius 2 is 1.92 bits per heavy atom. The summed E-state index contributed by atoms with van der Waals surface area (Å²) >= 11 is 1.72. The van der Waals surface area contributed by atoms with Crippen LogP contribution < -0.4 is 5.73 Å². The van der Waals surface area contributed by atoms with E-state index in [-0.39, 0.29) is 18.5 Å². The molecule has 5 nitrogen and oxygen atoms in total. The molecular weight excluding hydrogens is 322 g/mol. The van der Waals surface area contributed by atoms with Crippen molar-refractivity contribution >= 4 is 33.3 Å². The minimum atomic E-state index is -0.109. The highest BCUT2D eigenvalue weighted by Gasteiger charge is 2.24. The van der Waals surface area contributed by atoms with Gasteiger partial charge in [-0.1, -0.05) is 19.3 Å². The molecule has 0 bridgehead atoms. The number of nitrogens with two attached hydrogens (primary N) is 1. The molecular formula is C18H23N3O2S. The summed E-state index contributed by atoms with van der Waals surface area (Å²) in [7, 11) is 0. The summed E-state index contributed by atoms with van der Waals surface area (Å²) in [6.07, 6.45) is 9.98.